The van der Waals surface area contributed by atoms with Crippen molar-refractivity contribution in [3.05, 3.63) is 54.1 Å². The number of nitrogens with zero attached hydrogens (tertiary/aromatic N) is 2. The molecule has 0 bridgehead atoms. The van der Waals surface area contributed by atoms with Crippen LogP contribution in [0.2, 0.25) is 0 Å². The number of rotatable bonds is 5. The summed E-state index contributed by atoms with van der Waals surface area (Å²) in [5.41, 5.74) is 2.91. The fourth-order valence-corrected chi connectivity index (χ4v) is 3.02. The summed E-state index contributed by atoms with van der Waals surface area (Å²) >= 11 is 0. The largest absolute Gasteiger partial charge is 0.496 e. The predicted octanol–water partition coefficient (Wildman–Crippen LogP) is 2.77. The van der Waals surface area contributed by atoms with Gasteiger partial charge in [-0.3, -0.25) is 0 Å². The van der Waals surface area contributed by atoms with E-state index in [1.54, 1.807) is 7.11 Å². The smallest absolute Gasteiger partial charge is 0.319 e. The van der Waals surface area contributed by atoms with Crippen LogP contribution in [0.25, 0.3) is 0 Å². The minimum Gasteiger partial charge on any atom is -0.496 e. The number of piperazine rings is 1. The molecule has 2 amide bonds. The standard InChI is InChI=1S/C20H26N4O2/c1-23-11-13-24(14-12-23)18-9-7-17(8-10-18)22-20(25)21-15-16-5-3-4-6-19(16)26-2/h3-10H,11-15H2,1-2H3,(H2,21,22,25). The number of hydrogen-bond acceptors (Lipinski definition) is 4. The molecule has 6 heteroatoms. The summed E-state index contributed by atoms with van der Waals surface area (Å²) in [6.07, 6.45) is 0. The Hall–Kier alpha value is -2.73. The summed E-state index contributed by atoms with van der Waals surface area (Å²) < 4.78 is 5.29. The molecule has 0 aliphatic carbocycles. The summed E-state index contributed by atoms with van der Waals surface area (Å²) in [5.74, 6) is 0.768. The Bertz CT molecular complexity index is 725. The highest BCUT2D eigenvalue weighted by molar-refractivity contribution is 5.89. The van der Waals surface area contributed by atoms with Crippen molar-refractivity contribution in [1.82, 2.24) is 10.2 Å². The zero-order valence-electron chi connectivity index (χ0n) is 15.4. The minimum absolute atomic E-state index is 0.233. The van der Waals surface area contributed by atoms with Gasteiger partial charge in [-0.05, 0) is 37.4 Å². The van der Waals surface area contributed by atoms with E-state index in [9.17, 15) is 4.79 Å². The SMILES string of the molecule is COc1ccccc1CNC(=O)Nc1ccc(N2CCN(C)CC2)cc1. The van der Waals surface area contributed by atoms with Crippen molar-refractivity contribution in [3.8, 4) is 5.75 Å². The van der Waals surface area contributed by atoms with E-state index in [0.717, 1.165) is 43.2 Å². The van der Waals surface area contributed by atoms with E-state index in [4.69, 9.17) is 4.74 Å². The molecule has 0 spiro atoms. The molecule has 2 aromatic rings. The van der Waals surface area contributed by atoms with Gasteiger partial charge in [-0.15, -0.1) is 0 Å². The first-order valence-electron chi connectivity index (χ1n) is 8.86. The average Bonchev–Trinajstić information content (AvgIpc) is 2.68. The highest BCUT2D eigenvalue weighted by Crippen LogP contribution is 2.20. The van der Waals surface area contributed by atoms with Gasteiger partial charge in [0.05, 0.1) is 7.11 Å². The lowest BCUT2D eigenvalue weighted by molar-refractivity contribution is 0.251. The summed E-state index contributed by atoms with van der Waals surface area (Å²) in [7, 11) is 3.77. The first-order chi connectivity index (χ1) is 12.7. The van der Waals surface area contributed by atoms with Crippen molar-refractivity contribution >= 4 is 17.4 Å². The average molecular weight is 354 g/mol. The number of likely N-dealkylation sites (N-methyl/N-ethyl adjacent to an activating group) is 1. The van der Waals surface area contributed by atoms with E-state index in [2.05, 4.69) is 39.6 Å². The Morgan fingerprint density at radius 2 is 1.73 bits per heavy atom. The first-order valence-corrected chi connectivity index (χ1v) is 8.86. The van der Waals surface area contributed by atoms with Crippen molar-refractivity contribution in [2.24, 2.45) is 0 Å². The van der Waals surface area contributed by atoms with Crippen LogP contribution in [-0.2, 0) is 6.54 Å². The normalized spacial score (nSPS) is 14.8. The van der Waals surface area contributed by atoms with Gasteiger partial charge in [0.25, 0.3) is 0 Å². The Balaban J connectivity index is 1.51. The van der Waals surface area contributed by atoms with Gasteiger partial charge < -0.3 is 25.2 Å². The molecular weight excluding hydrogens is 328 g/mol. The number of anilines is 2. The summed E-state index contributed by atoms with van der Waals surface area (Å²) in [4.78, 5) is 16.8. The van der Waals surface area contributed by atoms with Gasteiger partial charge in [0.15, 0.2) is 0 Å². The van der Waals surface area contributed by atoms with E-state index >= 15 is 0 Å². The predicted molar refractivity (Wildman–Crippen MR) is 105 cm³/mol. The molecule has 1 aliphatic rings. The number of amides is 2. The number of carbonyl (C=O) groups excluding carboxylic acids is 1. The molecule has 3 rings (SSSR count). The third kappa shape index (κ3) is 4.67. The Morgan fingerprint density at radius 1 is 1.04 bits per heavy atom. The summed E-state index contributed by atoms with van der Waals surface area (Å²) in [6.45, 7) is 4.62. The number of methoxy groups -OCH3 is 1. The van der Waals surface area contributed by atoms with Gasteiger partial charge in [0.1, 0.15) is 5.75 Å². The van der Waals surface area contributed by atoms with Gasteiger partial charge in [0, 0.05) is 49.7 Å². The number of carbonyl (C=O) groups is 1. The lowest BCUT2D eigenvalue weighted by atomic mass is 10.2. The molecule has 2 aromatic carbocycles. The van der Waals surface area contributed by atoms with Crippen LogP contribution in [0.15, 0.2) is 48.5 Å². The Morgan fingerprint density at radius 3 is 2.42 bits per heavy atom. The maximum absolute atomic E-state index is 12.1. The zero-order chi connectivity index (χ0) is 18.4. The zero-order valence-corrected chi connectivity index (χ0v) is 15.4. The number of hydrogen-bond donors (Lipinski definition) is 2. The molecule has 0 atom stereocenters. The van der Waals surface area contributed by atoms with E-state index in [-0.39, 0.29) is 6.03 Å². The number of benzene rings is 2. The van der Waals surface area contributed by atoms with Crippen molar-refractivity contribution in [2.75, 3.05) is 50.6 Å². The molecule has 0 radical (unpaired) electrons. The second-order valence-electron chi connectivity index (χ2n) is 6.46. The van der Waals surface area contributed by atoms with Crippen LogP contribution in [-0.4, -0.2) is 51.3 Å². The minimum atomic E-state index is -0.233. The van der Waals surface area contributed by atoms with Crippen molar-refractivity contribution in [1.29, 1.82) is 0 Å². The Labute approximate surface area is 154 Å². The van der Waals surface area contributed by atoms with Crippen LogP contribution in [0.3, 0.4) is 0 Å². The maximum atomic E-state index is 12.1. The van der Waals surface area contributed by atoms with Crippen LogP contribution < -0.4 is 20.3 Å². The molecule has 1 saturated heterocycles. The molecule has 138 valence electrons. The van der Waals surface area contributed by atoms with Gasteiger partial charge in [-0.2, -0.15) is 0 Å². The Kier molecular flexibility index (Phi) is 5.96. The van der Waals surface area contributed by atoms with Crippen LogP contribution in [0.5, 0.6) is 5.75 Å². The number of urea groups is 1. The topological polar surface area (TPSA) is 56.8 Å². The molecule has 6 nitrogen and oxygen atoms in total. The molecule has 0 saturated carbocycles. The molecule has 0 unspecified atom stereocenters. The van der Waals surface area contributed by atoms with Crippen LogP contribution in [0, 0.1) is 0 Å². The molecule has 2 N–H and O–H groups in total. The summed E-state index contributed by atoms with van der Waals surface area (Å²) in [6, 6.07) is 15.4. The molecule has 1 heterocycles. The van der Waals surface area contributed by atoms with Crippen molar-refractivity contribution in [3.63, 3.8) is 0 Å². The third-order valence-corrected chi connectivity index (χ3v) is 4.63. The van der Waals surface area contributed by atoms with Gasteiger partial charge in [-0.1, -0.05) is 18.2 Å². The van der Waals surface area contributed by atoms with Crippen molar-refractivity contribution in [2.45, 2.75) is 6.54 Å². The highest BCUT2D eigenvalue weighted by Gasteiger charge is 2.14. The molecule has 1 aliphatic heterocycles. The first kappa shape index (κ1) is 18.1. The third-order valence-electron chi connectivity index (χ3n) is 4.63. The van der Waals surface area contributed by atoms with Gasteiger partial charge in [-0.25, -0.2) is 4.79 Å². The number of para-hydroxylation sites is 1. The second-order valence-corrected chi connectivity index (χ2v) is 6.46. The van der Waals surface area contributed by atoms with Gasteiger partial charge >= 0.3 is 6.03 Å². The maximum Gasteiger partial charge on any atom is 0.319 e. The summed E-state index contributed by atoms with van der Waals surface area (Å²) in [5, 5.41) is 5.73. The lowest BCUT2D eigenvalue weighted by Gasteiger charge is -2.34. The monoisotopic (exact) mass is 354 g/mol. The van der Waals surface area contributed by atoms with Crippen LogP contribution in [0.4, 0.5) is 16.2 Å². The van der Waals surface area contributed by atoms with Crippen LogP contribution >= 0.6 is 0 Å². The second kappa shape index (κ2) is 8.58. The molecule has 0 aromatic heterocycles. The van der Waals surface area contributed by atoms with E-state index in [0.29, 0.717) is 6.54 Å². The van der Waals surface area contributed by atoms with E-state index in [1.165, 1.54) is 5.69 Å². The quantitative estimate of drug-likeness (QED) is 0.867. The number of nitrogens with one attached hydrogen (secondary N) is 2. The van der Waals surface area contributed by atoms with Crippen LogP contribution in [0.1, 0.15) is 5.56 Å². The molecular formula is C20H26N4O2. The molecule has 1 fully saturated rings. The number of ether oxygens (including phenoxy) is 1. The highest BCUT2D eigenvalue weighted by atomic mass is 16.5. The fourth-order valence-electron chi connectivity index (χ4n) is 3.02. The van der Waals surface area contributed by atoms with Crippen molar-refractivity contribution < 1.29 is 9.53 Å². The van der Waals surface area contributed by atoms with Gasteiger partial charge in [0.2, 0.25) is 0 Å². The van der Waals surface area contributed by atoms with E-state index in [1.807, 2.05) is 36.4 Å². The van der Waals surface area contributed by atoms with E-state index < -0.39 is 0 Å². The lowest BCUT2D eigenvalue weighted by Crippen LogP contribution is -2.44. The molecule has 26 heavy (non-hydrogen) atoms. The fraction of sp³-hybridized carbons (Fsp3) is 0.350.